The third-order valence-corrected chi connectivity index (χ3v) is 5.21. The molecule has 0 aliphatic carbocycles. The Morgan fingerprint density at radius 3 is 2.84 bits per heavy atom. The minimum absolute atomic E-state index is 0.658. The lowest BCUT2D eigenvalue weighted by molar-refractivity contribution is 1.40. The third-order valence-electron chi connectivity index (χ3n) is 2.58. The topological polar surface area (TPSA) is 36.7 Å². The number of thiophene rings is 1. The van der Waals surface area contributed by atoms with E-state index < -0.39 is 0 Å². The number of nitrogens with zero attached hydrogens (tertiary/aromatic N) is 2. The molecule has 0 amide bonds. The zero-order valence-corrected chi connectivity index (χ0v) is 12.8. The third kappa shape index (κ3) is 2.61. The standard InChI is InChI=1S/C14H7BrN2S2/c15-13-5-4-12(19-13)14-17-11(8-18-14)10-3-1-2-9(6-10)7-16/h1-6,8H. The average Bonchev–Trinajstić information content (AvgIpc) is 3.07. The Morgan fingerprint density at radius 1 is 1.21 bits per heavy atom. The maximum atomic E-state index is 8.92. The molecule has 0 saturated carbocycles. The maximum Gasteiger partial charge on any atom is 0.134 e. The molecule has 0 unspecified atom stereocenters. The summed E-state index contributed by atoms with van der Waals surface area (Å²) in [5.74, 6) is 0. The van der Waals surface area contributed by atoms with Crippen molar-refractivity contribution >= 4 is 38.6 Å². The van der Waals surface area contributed by atoms with Crippen molar-refractivity contribution in [2.24, 2.45) is 0 Å². The van der Waals surface area contributed by atoms with Gasteiger partial charge in [0.05, 0.1) is 26.0 Å². The number of rotatable bonds is 2. The SMILES string of the molecule is N#Cc1cccc(-c2csc(-c3ccc(Br)s3)n2)c1. The van der Waals surface area contributed by atoms with Crippen LogP contribution in [0.15, 0.2) is 45.6 Å². The first-order chi connectivity index (χ1) is 9.26. The van der Waals surface area contributed by atoms with Gasteiger partial charge in [-0.05, 0) is 40.2 Å². The van der Waals surface area contributed by atoms with Gasteiger partial charge in [-0.2, -0.15) is 5.26 Å². The predicted octanol–water partition coefficient (Wildman–Crippen LogP) is 5.17. The lowest BCUT2D eigenvalue weighted by atomic mass is 10.1. The van der Waals surface area contributed by atoms with E-state index in [-0.39, 0.29) is 0 Å². The van der Waals surface area contributed by atoms with Gasteiger partial charge in [0, 0.05) is 10.9 Å². The Kier molecular flexibility index (Phi) is 3.47. The van der Waals surface area contributed by atoms with Crippen LogP contribution in [-0.4, -0.2) is 4.98 Å². The van der Waals surface area contributed by atoms with Crippen molar-refractivity contribution in [3.8, 4) is 27.2 Å². The minimum Gasteiger partial charge on any atom is -0.235 e. The van der Waals surface area contributed by atoms with E-state index in [4.69, 9.17) is 5.26 Å². The van der Waals surface area contributed by atoms with Crippen LogP contribution in [0.5, 0.6) is 0 Å². The van der Waals surface area contributed by atoms with Gasteiger partial charge in [-0.1, -0.05) is 12.1 Å². The van der Waals surface area contributed by atoms with E-state index in [2.05, 4.69) is 33.0 Å². The smallest absolute Gasteiger partial charge is 0.134 e. The Bertz CT molecular complexity index is 768. The fourth-order valence-electron chi connectivity index (χ4n) is 1.70. The van der Waals surface area contributed by atoms with Crippen LogP contribution in [0.2, 0.25) is 0 Å². The number of halogens is 1. The normalized spacial score (nSPS) is 10.3. The van der Waals surface area contributed by atoms with Crippen LogP contribution in [0.4, 0.5) is 0 Å². The zero-order chi connectivity index (χ0) is 13.2. The summed E-state index contributed by atoms with van der Waals surface area (Å²) in [4.78, 5) is 5.79. The van der Waals surface area contributed by atoms with Gasteiger partial charge in [0.25, 0.3) is 0 Å². The van der Waals surface area contributed by atoms with Crippen molar-refractivity contribution < 1.29 is 0 Å². The quantitative estimate of drug-likeness (QED) is 0.641. The molecule has 2 heterocycles. The second kappa shape index (κ2) is 5.25. The van der Waals surface area contributed by atoms with Crippen LogP contribution in [0.25, 0.3) is 21.1 Å². The molecule has 0 fully saturated rings. The largest absolute Gasteiger partial charge is 0.235 e. The Balaban J connectivity index is 1.99. The van der Waals surface area contributed by atoms with Crippen LogP contribution in [0.1, 0.15) is 5.56 Å². The van der Waals surface area contributed by atoms with Gasteiger partial charge in [-0.3, -0.25) is 0 Å². The Morgan fingerprint density at radius 2 is 2.11 bits per heavy atom. The monoisotopic (exact) mass is 346 g/mol. The van der Waals surface area contributed by atoms with Gasteiger partial charge in [0.2, 0.25) is 0 Å². The molecule has 2 nitrogen and oxygen atoms in total. The zero-order valence-electron chi connectivity index (χ0n) is 9.63. The first-order valence-corrected chi connectivity index (χ1v) is 7.97. The summed E-state index contributed by atoms with van der Waals surface area (Å²) in [7, 11) is 0. The van der Waals surface area contributed by atoms with E-state index in [1.807, 2.05) is 29.6 Å². The van der Waals surface area contributed by atoms with Crippen molar-refractivity contribution in [3.05, 3.63) is 51.1 Å². The summed E-state index contributed by atoms with van der Waals surface area (Å²) in [6, 6.07) is 13.8. The maximum absolute atomic E-state index is 8.92. The summed E-state index contributed by atoms with van der Waals surface area (Å²) in [6.45, 7) is 0. The lowest BCUT2D eigenvalue weighted by Crippen LogP contribution is -1.80. The number of hydrogen-bond acceptors (Lipinski definition) is 4. The van der Waals surface area contributed by atoms with Crippen molar-refractivity contribution in [1.82, 2.24) is 4.98 Å². The molecule has 1 aromatic carbocycles. The summed E-state index contributed by atoms with van der Waals surface area (Å²) in [6.07, 6.45) is 0. The summed E-state index contributed by atoms with van der Waals surface area (Å²) in [5, 5.41) is 12.0. The number of benzene rings is 1. The van der Waals surface area contributed by atoms with Gasteiger partial charge in [-0.25, -0.2) is 4.98 Å². The van der Waals surface area contributed by atoms with Gasteiger partial charge in [0.15, 0.2) is 0 Å². The molecule has 3 rings (SSSR count). The molecule has 92 valence electrons. The van der Waals surface area contributed by atoms with Crippen LogP contribution >= 0.6 is 38.6 Å². The average molecular weight is 347 g/mol. The summed E-state index contributed by atoms with van der Waals surface area (Å²) >= 11 is 6.75. The highest BCUT2D eigenvalue weighted by Crippen LogP contribution is 2.35. The highest BCUT2D eigenvalue weighted by molar-refractivity contribution is 9.11. The fourth-order valence-corrected chi connectivity index (χ4v) is 3.98. The van der Waals surface area contributed by atoms with Gasteiger partial charge < -0.3 is 0 Å². The van der Waals surface area contributed by atoms with E-state index in [9.17, 15) is 0 Å². The van der Waals surface area contributed by atoms with Crippen molar-refractivity contribution in [2.75, 3.05) is 0 Å². The lowest BCUT2D eigenvalue weighted by Gasteiger charge is -1.96. The van der Waals surface area contributed by atoms with Crippen LogP contribution in [-0.2, 0) is 0 Å². The first-order valence-electron chi connectivity index (χ1n) is 5.48. The molecule has 0 aliphatic heterocycles. The first kappa shape index (κ1) is 12.5. The molecule has 0 saturated heterocycles. The minimum atomic E-state index is 0.658. The van der Waals surface area contributed by atoms with E-state index >= 15 is 0 Å². The molecule has 0 spiro atoms. The number of nitriles is 1. The van der Waals surface area contributed by atoms with Gasteiger partial charge >= 0.3 is 0 Å². The van der Waals surface area contributed by atoms with Crippen molar-refractivity contribution in [2.45, 2.75) is 0 Å². The number of aromatic nitrogens is 1. The fraction of sp³-hybridized carbons (Fsp3) is 0. The van der Waals surface area contributed by atoms with E-state index in [1.54, 1.807) is 28.7 Å². The predicted molar refractivity (Wildman–Crippen MR) is 83.3 cm³/mol. The van der Waals surface area contributed by atoms with Gasteiger partial charge in [-0.15, -0.1) is 22.7 Å². The Hall–Kier alpha value is -1.48. The molecule has 2 aromatic heterocycles. The number of thiazole rings is 1. The van der Waals surface area contributed by atoms with Crippen LogP contribution in [0, 0.1) is 11.3 Å². The second-order valence-corrected chi connectivity index (χ2v) is 7.16. The highest BCUT2D eigenvalue weighted by Gasteiger charge is 2.08. The van der Waals surface area contributed by atoms with E-state index in [0.717, 1.165) is 24.9 Å². The Labute approximate surface area is 127 Å². The molecule has 0 bridgehead atoms. The molecular formula is C14H7BrN2S2. The van der Waals surface area contributed by atoms with Crippen LogP contribution in [0.3, 0.4) is 0 Å². The van der Waals surface area contributed by atoms with Gasteiger partial charge in [0.1, 0.15) is 5.01 Å². The van der Waals surface area contributed by atoms with E-state index in [1.165, 1.54) is 0 Å². The molecule has 3 aromatic rings. The second-order valence-electron chi connectivity index (χ2n) is 3.83. The molecule has 0 aliphatic rings. The molecule has 0 radical (unpaired) electrons. The molecule has 0 N–H and O–H groups in total. The van der Waals surface area contributed by atoms with Crippen molar-refractivity contribution in [3.63, 3.8) is 0 Å². The highest BCUT2D eigenvalue weighted by atomic mass is 79.9. The number of hydrogen-bond donors (Lipinski definition) is 0. The molecule has 0 atom stereocenters. The van der Waals surface area contributed by atoms with Crippen molar-refractivity contribution in [1.29, 1.82) is 5.26 Å². The molecular weight excluding hydrogens is 340 g/mol. The summed E-state index contributed by atoms with van der Waals surface area (Å²) in [5.41, 5.74) is 2.56. The molecule has 19 heavy (non-hydrogen) atoms. The molecule has 5 heteroatoms. The van der Waals surface area contributed by atoms with E-state index in [0.29, 0.717) is 5.56 Å². The van der Waals surface area contributed by atoms with Crippen LogP contribution < -0.4 is 0 Å². The summed E-state index contributed by atoms with van der Waals surface area (Å²) < 4.78 is 1.10.